The van der Waals surface area contributed by atoms with E-state index in [1.807, 2.05) is 19.9 Å². The molecule has 3 atom stereocenters. The Bertz CT molecular complexity index is 784. The fourth-order valence-electron chi connectivity index (χ4n) is 4.68. The summed E-state index contributed by atoms with van der Waals surface area (Å²) in [5, 5.41) is 0. The highest BCUT2D eigenvalue weighted by Crippen LogP contribution is 2.49. The molecule has 3 nitrogen and oxygen atoms in total. The van der Waals surface area contributed by atoms with Gasteiger partial charge in [-0.3, -0.25) is 0 Å². The van der Waals surface area contributed by atoms with E-state index in [0.29, 0.717) is 17.4 Å². The molecular weight excluding hydrogens is 339 g/mol. The van der Waals surface area contributed by atoms with Gasteiger partial charge in [-0.1, -0.05) is 18.2 Å². The van der Waals surface area contributed by atoms with Crippen LogP contribution in [-0.4, -0.2) is 23.1 Å². The van der Waals surface area contributed by atoms with Crippen LogP contribution in [0.2, 0.25) is 0 Å². The first-order valence-corrected chi connectivity index (χ1v) is 9.04. The predicted octanol–water partition coefficient (Wildman–Crippen LogP) is 4.74. The summed E-state index contributed by atoms with van der Waals surface area (Å²) in [7, 11) is 0. The monoisotopic (exact) mass is 361 g/mol. The Morgan fingerprint density at radius 2 is 1.54 bits per heavy atom. The quantitative estimate of drug-likeness (QED) is 0.773. The molecule has 2 heterocycles. The van der Waals surface area contributed by atoms with Crippen LogP contribution in [0.15, 0.2) is 30.3 Å². The normalized spacial score (nSPS) is 25.6. The molecule has 0 spiro atoms. The number of aryl methyl sites for hydroxylation is 2. The highest BCUT2D eigenvalue weighted by molar-refractivity contribution is 5.37. The molecule has 1 aliphatic carbocycles. The first kappa shape index (κ1) is 17.3. The zero-order valence-corrected chi connectivity index (χ0v) is 14.9. The number of rotatable bonds is 2. The lowest BCUT2D eigenvalue weighted by Crippen LogP contribution is -2.24. The average molecular weight is 361 g/mol. The molecule has 0 N–H and O–H groups in total. The van der Waals surface area contributed by atoms with Gasteiger partial charge in [0.05, 0.1) is 5.56 Å². The molecule has 6 heteroatoms. The minimum Gasteiger partial charge on any atom is -0.340 e. The van der Waals surface area contributed by atoms with Gasteiger partial charge in [0, 0.05) is 24.5 Å². The second kappa shape index (κ2) is 6.25. The van der Waals surface area contributed by atoms with E-state index in [4.69, 9.17) is 0 Å². The molecule has 1 aromatic carbocycles. The number of aromatic nitrogens is 2. The molecule has 1 aromatic heterocycles. The van der Waals surface area contributed by atoms with E-state index in [-0.39, 0.29) is 5.92 Å². The third-order valence-electron chi connectivity index (χ3n) is 5.71. The van der Waals surface area contributed by atoms with Crippen molar-refractivity contribution in [2.45, 2.75) is 38.8 Å². The molecule has 26 heavy (non-hydrogen) atoms. The van der Waals surface area contributed by atoms with Gasteiger partial charge in [-0.05, 0) is 62.1 Å². The van der Waals surface area contributed by atoms with Crippen LogP contribution in [0.5, 0.6) is 0 Å². The van der Waals surface area contributed by atoms with Crippen molar-refractivity contribution in [2.75, 3.05) is 18.0 Å². The minimum atomic E-state index is -4.28. The molecule has 1 saturated heterocycles. The molecule has 4 rings (SSSR count). The van der Waals surface area contributed by atoms with Crippen LogP contribution in [0, 0.1) is 25.7 Å². The Morgan fingerprint density at radius 3 is 2.12 bits per heavy atom. The molecule has 0 unspecified atom stereocenters. The van der Waals surface area contributed by atoms with Gasteiger partial charge in [-0.25, -0.2) is 9.97 Å². The van der Waals surface area contributed by atoms with Crippen LogP contribution in [-0.2, 0) is 6.18 Å². The van der Waals surface area contributed by atoms with Gasteiger partial charge in [0.15, 0.2) is 0 Å². The highest BCUT2D eigenvalue weighted by atomic mass is 19.4. The summed E-state index contributed by atoms with van der Waals surface area (Å²) < 4.78 is 40.0. The van der Waals surface area contributed by atoms with E-state index in [0.717, 1.165) is 43.3 Å². The number of alkyl halides is 3. The summed E-state index contributed by atoms with van der Waals surface area (Å²) >= 11 is 0. The van der Waals surface area contributed by atoms with Crippen molar-refractivity contribution in [2.24, 2.45) is 11.8 Å². The Kier molecular flexibility index (Phi) is 4.16. The van der Waals surface area contributed by atoms with Crippen molar-refractivity contribution in [3.63, 3.8) is 0 Å². The summed E-state index contributed by atoms with van der Waals surface area (Å²) in [5.74, 6) is 1.56. The SMILES string of the molecule is Cc1cc(C)nc(N2C[C@H]3C[C@@H](c4ccccc4C(F)(F)F)C[C@H]3C2)n1. The van der Waals surface area contributed by atoms with Gasteiger partial charge < -0.3 is 4.90 Å². The van der Waals surface area contributed by atoms with E-state index in [1.165, 1.54) is 12.1 Å². The number of halogens is 3. The van der Waals surface area contributed by atoms with Crippen molar-refractivity contribution in [1.82, 2.24) is 9.97 Å². The molecule has 138 valence electrons. The van der Waals surface area contributed by atoms with Crippen LogP contribution < -0.4 is 4.90 Å². The molecule has 0 bridgehead atoms. The third-order valence-corrected chi connectivity index (χ3v) is 5.71. The molecule has 2 aromatic rings. The van der Waals surface area contributed by atoms with Crippen LogP contribution in [0.1, 0.15) is 41.3 Å². The van der Waals surface area contributed by atoms with Gasteiger partial charge in [0.25, 0.3) is 0 Å². The van der Waals surface area contributed by atoms with Crippen molar-refractivity contribution in [3.8, 4) is 0 Å². The Labute approximate surface area is 151 Å². The number of hydrogen-bond acceptors (Lipinski definition) is 3. The highest BCUT2D eigenvalue weighted by Gasteiger charge is 2.44. The lowest BCUT2D eigenvalue weighted by molar-refractivity contribution is -0.138. The number of benzene rings is 1. The smallest absolute Gasteiger partial charge is 0.340 e. The summed E-state index contributed by atoms with van der Waals surface area (Å²) in [4.78, 5) is 11.3. The Hall–Kier alpha value is -2.11. The number of anilines is 1. The predicted molar refractivity (Wildman–Crippen MR) is 94.1 cm³/mol. The molecule has 2 fully saturated rings. The zero-order chi connectivity index (χ0) is 18.5. The zero-order valence-electron chi connectivity index (χ0n) is 14.9. The maximum absolute atomic E-state index is 13.3. The number of hydrogen-bond donors (Lipinski definition) is 0. The van der Waals surface area contributed by atoms with Crippen molar-refractivity contribution >= 4 is 5.95 Å². The van der Waals surface area contributed by atoms with Crippen LogP contribution in [0.25, 0.3) is 0 Å². The lowest BCUT2D eigenvalue weighted by atomic mass is 9.91. The maximum Gasteiger partial charge on any atom is 0.416 e. The van der Waals surface area contributed by atoms with Crippen molar-refractivity contribution in [1.29, 1.82) is 0 Å². The summed E-state index contributed by atoms with van der Waals surface area (Å²) in [5.41, 5.74) is 1.88. The van der Waals surface area contributed by atoms with Crippen LogP contribution in [0.4, 0.5) is 19.1 Å². The standard InChI is InChI=1S/C20H22F3N3/c1-12-7-13(2)25-19(24-12)26-10-15-8-14(9-16(15)11-26)17-5-3-4-6-18(17)20(21,22)23/h3-7,14-16H,8-11H2,1-2H3/t14-,15-,16+. The minimum absolute atomic E-state index is 0.00913. The van der Waals surface area contributed by atoms with E-state index >= 15 is 0 Å². The molecule has 0 radical (unpaired) electrons. The van der Waals surface area contributed by atoms with Crippen LogP contribution in [0.3, 0.4) is 0 Å². The van der Waals surface area contributed by atoms with E-state index in [2.05, 4.69) is 14.9 Å². The molecule has 0 amide bonds. The van der Waals surface area contributed by atoms with Gasteiger partial charge in [-0.15, -0.1) is 0 Å². The third kappa shape index (κ3) is 3.17. The lowest BCUT2D eigenvalue weighted by Gasteiger charge is -2.22. The topological polar surface area (TPSA) is 29.0 Å². The first-order valence-electron chi connectivity index (χ1n) is 9.04. The van der Waals surface area contributed by atoms with E-state index < -0.39 is 11.7 Å². The summed E-state index contributed by atoms with van der Waals surface area (Å²) in [6.45, 7) is 5.58. The van der Waals surface area contributed by atoms with Gasteiger partial charge in [-0.2, -0.15) is 13.2 Å². The first-order chi connectivity index (χ1) is 12.3. The van der Waals surface area contributed by atoms with Crippen LogP contribution >= 0.6 is 0 Å². The van der Waals surface area contributed by atoms with Crippen molar-refractivity contribution in [3.05, 3.63) is 52.8 Å². The second-order valence-corrected chi connectivity index (χ2v) is 7.63. The molecule has 1 saturated carbocycles. The summed E-state index contributed by atoms with van der Waals surface area (Å²) in [6.07, 6.45) is -2.68. The van der Waals surface area contributed by atoms with E-state index in [9.17, 15) is 13.2 Å². The van der Waals surface area contributed by atoms with Gasteiger partial charge in [0.2, 0.25) is 5.95 Å². The fourth-order valence-corrected chi connectivity index (χ4v) is 4.68. The van der Waals surface area contributed by atoms with E-state index in [1.54, 1.807) is 12.1 Å². The fraction of sp³-hybridized carbons (Fsp3) is 0.500. The maximum atomic E-state index is 13.3. The summed E-state index contributed by atoms with van der Waals surface area (Å²) in [6, 6.07) is 8.00. The molecular formula is C20H22F3N3. The molecule has 1 aliphatic heterocycles. The largest absolute Gasteiger partial charge is 0.416 e. The van der Waals surface area contributed by atoms with Crippen molar-refractivity contribution < 1.29 is 13.2 Å². The number of nitrogens with zero attached hydrogens (tertiary/aromatic N) is 3. The number of fused-ring (bicyclic) bond motifs is 1. The van der Waals surface area contributed by atoms with Gasteiger partial charge in [0.1, 0.15) is 0 Å². The Balaban J connectivity index is 1.51. The van der Waals surface area contributed by atoms with Gasteiger partial charge >= 0.3 is 6.18 Å². The average Bonchev–Trinajstić information content (AvgIpc) is 3.12. The Morgan fingerprint density at radius 1 is 0.962 bits per heavy atom. The molecule has 2 aliphatic rings. The second-order valence-electron chi connectivity index (χ2n) is 7.63.